The Morgan fingerprint density at radius 2 is 1.96 bits per heavy atom. The van der Waals surface area contributed by atoms with E-state index in [1.54, 1.807) is 25.1 Å². The number of halogens is 5. The van der Waals surface area contributed by atoms with E-state index < -0.39 is 29.3 Å². The van der Waals surface area contributed by atoms with Crippen LogP contribution in [0, 0.1) is 13.8 Å². The molecule has 0 bridgehead atoms. The summed E-state index contributed by atoms with van der Waals surface area (Å²) < 4.78 is 39.2. The predicted molar refractivity (Wildman–Crippen MR) is 81.8 cm³/mol. The molecule has 0 radical (unpaired) electrons. The van der Waals surface area contributed by atoms with Crippen LogP contribution in [-0.4, -0.2) is 15.7 Å². The zero-order valence-electron chi connectivity index (χ0n) is 12.1. The van der Waals surface area contributed by atoms with Crippen LogP contribution in [0.1, 0.15) is 17.0 Å². The minimum atomic E-state index is -4.67. The molecule has 0 atom stereocenters. The molecule has 0 saturated heterocycles. The first-order valence-corrected chi connectivity index (χ1v) is 7.21. The highest BCUT2D eigenvalue weighted by atomic mass is 35.5. The van der Waals surface area contributed by atoms with Crippen molar-refractivity contribution in [2.75, 3.05) is 5.32 Å². The van der Waals surface area contributed by atoms with Crippen molar-refractivity contribution in [1.29, 1.82) is 0 Å². The highest BCUT2D eigenvalue weighted by Crippen LogP contribution is 2.35. The number of hydrogen-bond acceptors (Lipinski definition) is 2. The number of aryl methyl sites for hydroxylation is 1. The Hall–Kier alpha value is -1.73. The summed E-state index contributed by atoms with van der Waals surface area (Å²) in [7, 11) is 0. The maximum absolute atomic E-state index is 12.7. The molecule has 0 spiro atoms. The third kappa shape index (κ3) is 3.97. The number of aromatic nitrogens is 2. The molecule has 1 N–H and O–H groups in total. The monoisotopic (exact) mass is 365 g/mol. The van der Waals surface area contributed by atoms with Gasteiger partial charge in [-0.2, -0.15) is 18.3 Å². The van der Waals surface area contributed by atoms with Gasteiger partial charge in [0.05, 0.1) is 10.7 Å². The van der Waals surface area contributed by atoms with Gasteiger partial charge in [0, 0.05) is 10.7 Å². The van der Waals surface area contributed by atoms with Crippen LogP contribution >= 0.6 is 23.2 Å². The second-order valence-electron chi connectivity index (χ2n) is 4.91. The quantitative estimate of drug-likeness (QED) is 0.872. The summed E-state index contributed by atoms with van der Waals surface area (Å²) in [5.74, 6) is -0.536. The van der Waals surface area contributed by atoms with Crippen LogP contribution in [0.4, 0.5) is 18.9 Å². The number of benzene rings is 1. The fraction of sp³-hybridized carbons (Fsp3) is 0.286. The molecule has 0 saturated carbocycles. The van der Waals surface area contributed by atoms with Gasteiger partial charge >= 0.3 is 6.18 Å². The minimum absolute atomic E-state index is 0.0666. The molecule has 9 heteroatoms. The second kappa shape index (κ2) is 6.41. The van der Waals surface area contributed by atoms with Gasteiger partial charge in [0.25, 0.3) is 0 Å². The molecular weight excluding hydrogens is 354 g/mol. The van der Waals surface area contributed by atoms with Crippen molar-refractivity contribution >= 4 is 34.8 Å². The van der Waals surface area contributed by atoms with Gasteiger partial charge in [-0.1, -0.05) is 29.3 Å². The van der Waals surface area contributed by atoms with Crippen molar-refractivity contribution in [2.24, 2.45) is 0 Å². The lowest BCUT2D eigenvalue weighted by molar-refractivity contribution is -0.141. The van der Waals surface area contributed by atoms with Gasteiger partial charge in [-0.05, 0) is 31.5 Å². The van der Waals surface area contributed by atoms with Crippen molar-refractivity contribution in [2.45, 2.75) is 26.6 Å². The lowest BCUT2D eigenvalue weighted by Gasteiger charge is -2.09. The van der Waals surface area contributed by atoms with E-state index in [-0.39, 0.29) is 5.69 Å². The van der Waals surface area contributed by atoms with Crippen LogP contribution in [0.15, 0.2) is 18.2 Å². The zero-order chi connectivity index (χ0) is 17.4. The van der Waals surface area contributed by atoms with Crippen molar-refractivity contribution in [3.63, 3.8) is 0 Å². The number of anilines is 1. The van der Waals surface area contributed by atoms with Crippen LogP contribution in [0.2, 0.25) is 10.0 Å². The van der Waals surface area contributed by atoms with Crippen LogP contribution in [0.25, 0.3) is 0 Å². The Morgan fingerprint density at radius 1 is 1.30 bits per heavy atom. The Balaban J connectivity index is 2.19. The van der Waals surface area contributed by atoms with Crippen molar-refractivity contribution < 1.29 is 18.0 Å². The molecule has 23 heavy (non-hydrogen) atoms. The lowest BCUT2D eigenvalue weighted by atomic mass is 10.2. The number of nitrogens with zero attached hydrogens (tertiary/aromatic N) is 2. The van der Waals surface area contributed by atoms with Crippen molar-refractivity contribution in [3.8, 4) is 0 Å². The number of alkyl halides is 3. The molecule has 1 heterocycles. The molecule has 0 aliphatic carbocycles. The number of carbonyl (C=O) groups is 1. The van der Waals surface area contributed by atoms with Gasteiger partial charge in [-0.25, -0.2) is 0 Å². The molecule has 0 unspecified atom stereocenters. The van der Waals surface area contributed by atoms with Crippen molar-refractivity contribution in [3.05, 3.63) is 45.2 Å². The standard InChI is InChI=1S/C14H12Cl2F3N3O/c1-7-3-4-9(15)5-10(7)20-11(23)6-22-8(2)12(16)13(21-22)14(17,18)19/h3-5H,6H2,1-2H3,(H,20,23). The van der Waals surface area contributed by atoms with Gasteiger partial charge in [0.1, 0.15) is 6.54 Å². The van der Waals surface area contributed by atoms with Crippen molar-refractivity contribution in [1.82, 2.24) is 9.78 Å². The van der Waals surface area contributed by atoms with E-state index in [1.165, 1.54) is 6.92 Å². The number of carbonyl (C=O) groups excluding carboxylic acids is 1. The summed E-state index contributed by atoms with van der Waals surface area (Å²) in [5.41, 5.74) is 0.115. The molecule has 0 fully saturated rings. The topological polar surface area (TPSA) is 46.9 Å². The molecule has 2 aromatic rings. The number of nitrogens with one attached hydrogen (secondary N) is 1. The molecule has 4 nitrogen and oxygen atoms in total. The third-order valence-electron chi connectivity index (χ3n) is 3.17. The third-order valence-corrected chi connectivity index (χ3v) is 3.86. The van der Waals surface area contributed by atoms with Crippen LogP contribution in [0.5, 0.6) is 0 Å². The largest absolute Gasteiger partial charge is 0.436 e. The van der Waals surface area contributed by atoms with Gasteiger partial charge < -0.3 is 5.32 Å². The Morgan fingerprint density at radius 3 is 2.52 bits per heavy atom. The first kappa shape index (κ1) is 17.6. The Bertz CT molecular complexity index is 756. The molecule has 1 aromatic heterocycles. The average Bonchev–Trinajstić information content (AvgIpc) is 2.71. The van der Waals surface area contributed by atoms with E-state index in [0.29, 0.717) is 10.7 Å². The summed E-state index contributed by atoms with van der Waals surface area (Å²) >= 11 is 11.5. The Kier molecular flexibility index (Phi) is 4.91. The maximum atomic E-state index is 12.7. The molecule has 1 amide bonds. The first-order valence-electron chi connectivity index (χ1n) is 6.45. The number of rotatable bonds is 3. The summed E-state index contributed by atoms with van der Waals surface area (Å²) in [6.45, 7) is 2.74. The van der Waals surface area contributed by atoms with Gasteiger partial charge in [-0.3, -0.25) is 9.48 Å². The van der Waals surface area contributed by atoms with Gasteiger partial charge in [-0.15, -0.1) is 0 Å². The number of hydrogen-bond donors (Lipinski definition) is 1. The second-order valence-corrected chi connectivity index (χ2v) is 5.73. The maximum Gasteiger partial charge on any atom is 0.436 e. The van der Waals surface area contributed by atoms with Gasteiger partial charge in [0.15, 0.2) is 5.69 Å². The van der Waals surface area contributed by atoms with Crippen LogP contribution in [-0.2, 0) is 17.5 Å². The first-order chi connectivity index (χ1) is 10.6. The van der Waals surface area contributed by atoms with Crippen LogP contribution in [0.3, 0.4) is 0 Å². The average molecular weight is 366 g/mol. The molecule has 2 rings (SSSR count). The molecule has 124 valence electrons. The summed E-state index contributed by atoms with van der Waals surface area (Å²) in [4.78, 5) is 12.0. The highest BCUT2D eigenvalue weighted by Gasteiger charge is 2.38. The highest BCUT2D eigenvalue weighted by molar-refractivity contribution is 6.32. The van der Waals surface area contributed by atoms with Gasteiger partial charge in [0.2, 0.25) is 5.91 Å². The van der Waals surface area contributed by atoms with E-state index >= 15 is 0 Å². The fourth-order valence-corrected chi connectivity index (χ4v) is 2.33. The van der Waals surface area contributed by atoms with E-state index in [2.05, 4.69) is 10.4 Å². The van der Waals surface area contributed by atoms with E-state index in [0.717, 1.165) is 10.2 Å². The van der Waals surface area contributed by atoms with E-state index in [4.69, 9.17) is 23.2 Å². The summed E-state index contributed by atoms with van der Waals surface area (Å²) in [6, 6.07) is 4.94. The minimum Gasteiger partial charge on any atom is -0.324 e. The normalized spacial score (nSPS) is 11.6. The SMILES string of the molecule is Cc1ccc(Cl)cc1NC(=O)Cn1nc(C(F)(F)F)c(Cl)c1C. The van der Waals surface area contributed by atoms with E-state index in [1.807, 2.05) is 0 Å². The smallest absolute Gasteiger partial charge is 0.324 e. The van der Waals surface area contributed by atoms with E-state index in [9.17, 15) is 18.0 Å². The molecule has 0 aliphatic rings. The Labute approximate surface area is 140 Å². The molecular formula is C14H12Cl2F3N3O. The lowest BCUT2D eigenvalue weighted by Crippen LogP contribution is -2.21. The van der Waals surface area contributed by atoms with Crippen LogP contribution < -0.4 is 5.32 Å². The number of amides is 1. The zero-order valence-corrected chi connectivity index (χ0v) is 13.6. The summed E-state index contributed by atoms with van der Waals surface area (Å²) in [6.07, 6.45) is -4.67. The molecule has 1 aromatic carbocycles. The predicted octanol–water partition coefficient (Wildman–Crippen LogP) is 4.46. The fourth-order valence-electron chi connectivity index (χ4n) is 1.91. The molecule has 0 aliphatic heterocycles. The summed E-state index contributed by atoms with van der Waals surface area (Å²) in [5, 5.41) is 5.88.